The zero-order valence-corrected chi connectivity index (χ0v) is 10.8. The topological polar surface area (TPSA) is 67.4 Å². The smallest absolute Gasteiger partial charge is 0.330 e. The van der Waals surface area contributed by atoms with Crippen molar-refractivity contribution in [2.75, 3.05) is 19.0 Å². The lowest BCUT2D eigenvalue weighted by molar-refractivity contribution is -0.144. The molecule has 1 aromatic carbocycles. The van der Waals surface area contributed by atoms with E-state index in [0.717, 1.165) is 11.3 Å². The van der Waals surface area contributed by atoms with Crippen LogP contribution in [0.3, 0.4) is 0 Å². The number of ether oxygens (including phenoxy) is 1. The van der Waals surface area contributed by atoms with Crippen molar-refractivity contribution in [1.82, 2.24) is 5.32 Å². The largest absolute Gasteiger partial charge is 0.467 e. The van der Waals surface area contributed by atoms with E-state index < -0.39 is 12.0 Å². The summed E-state index contributed by atoms with van der Waals surface area (Å²) in [5.74, 6) is -0.734. The van der Waals surface area contributed by atoms with Gasteiger partial charge in [0.05, 0.1) is 7.11 Å². The summed E-state index contributed by atoms with van der Waals surface area (Å²) < 4.78 is 4.63. The second-order valence-corrected chi connectivity index (χ2v) is 4.03. The zero-order valence-electron chi connectivity index (χ0n) is 10.8. The second-order valence-electron chi connectivity index (χ2n) is 4.03. The summed E-state index contributed by atoms with van der Waals surface area (Å²) in [4.78, 5) is 22.5. The van der Waals surface area contributed by atoms with E-state index in [-0.39, 0.29) is 12.5 Å². The number of rotatable bonds is 5. The Morgan fingerprint density at radius 2 is 2.11 bits per heavy atom. The summed E-state index contributed by atoms with van der Waals surface area (Å²) in [5, 5.41) is 5.63. The number of carbonyl (C=O) groups is 2. The van der Waals surface area contributed by atoms with Crippen molar-refractivity contribution in [3.63, 3.8) is 0 Å². The van der Waals surface area contributed by atoms with Gasteiger partial charge in [-0.3, -0.25) is 4.79 Å². The van der Waals surface area contributed by atoms with Crippen LogP contribution in [-0.2, 0) is 14.3 Å². The monoisotopic (exact) mass is 250 g/mol. The maximum atomic E-state index is 11.5. The summed E-state index contributed by atoms with van der Waals surface area (Å²) >= 11 is 0. The third-order valence-corrected chi connectivity index (χ3v) is 2.39. The molecule has 0 saturated heterocycles. The maximum absolute atomic E-state index is 11.5. The number of amides is 1. The van der Waals surface area contributed by atoms with E-state index in [4.69, 9.17) is 0 Å². The summed E-state index contributed by atoms with van der Waals surface area (Å²) in [5.41, 5.74) is 2.02. The molecule has 0 aliphatic rings. The quantitative estimate of drug-likeness (QED) is 0.767. The highest BCUT2D eigenvalue weighted by Crippen LogP contribution is 2.09. The lowest BCUT2D eigenvalue weighted by Gasteiger charge is -2.16. The summed E-state index contributed by atoms with van der Waals surface area (Å²) in [6.07, 6.45) is 0. The summed E-state index contributed by atoms with van der Waals surface area (Å²) in [6.45, 7) is 3.63. The molecule has 1 aromatic rings. The average molecular weight is 250 g/mol. The number of hydrogen-bond donors (Lipinski definition) is 2. The van der Waals surface area contributed by atoms with Gasteiger partial charge in [-0.1, -0.05) is 12.1 Å². The molecule has 18 heavy (non-hydrogen) atoms. The number of hydrogen-bond acceptors (Lipinski definition) is 4. The summed E-state index contributed by atoms with van der Waals surface area (Å²) in [6, 6.07) is 7.07. The molecular formula is C13H18N2O3. The second kappa shape index (κ2) is 6.64. The van der Waals surface area contributed by atoms with Crippen molar-refractivity contribution in [2.45, 2.75) is 19.9 Å². The van der Waals surface area contributed by atoms with Crippen LogP contribution in [0.25, 0.3) is 0 Å². The molecule has 0 radical (unpaired) electrons. The van der Waals surface area contributed by atoms with Crippen LogP contribution in [0.4, 0.5) is 5.69 Å². The van der Waals surface area contributed by atoms with Gasteiger partial charge in [0.25, 0.3) is 0 Å². The van der Waals surface area contributed by atoms with E-state index in [1.54, 1.807) is 0 Å². The van der Waals surface area contributed by atoms with E-state index in [2.05, 4.69) is 15.4 Å². The Bertz CT molecular complexity index is 432. The van der Waals surface area contributed by atoms with Gasteiger partial charge in [0.2, 0.25) is 5.91 Å². The van der Waals surface area contributed by atoms with Crippen molar-refractivity contribution < 1.29 is 14.3 Å². The van der Waals surface area contributed by atoms with Gasteiger partial charge in [0.1, 0.15) is 6.04 Å². The van der Waals surface area contributed by atoms with Gasteiger partial charge in [-0.2, -0.15) is 0 Å². The highest BCUT2D eigenvalue weighted by atomic mass is 16.5. The van der Waals surface area contributed by atoms with Gasteiger partial charge >= 0.3 is 5.97 Å². The fourth-order valence-electron chi connectivity index (χ4n) is 1.56. The highest BCUT2D eigenvalue weighted by Gasteiger charge is 2.19. The Kier molecular flexibility index (Phi) is 5.17. The average Bonchev–Trinajstić information content (AvgIpc) is 2.33. The van der Waals surface area contributed by atoms with Crippen molar-refractivity contribution >= 4 is 17.6 Å². The standard InChI is InChI=1S/C13H18N2O3/c1-9-5-4-6-11(7-9)14-8-12(13(17)18-3)15-10(2)16/h4-7,12,14H,8H2,1-3H3,(H,15,16). The number of carbonyl (C=O) groups excluding carboxylic acids is 2. The predicted octanol–water partition coefficient (Wildman–Crippen LogP) is 1.08. The van der Waals surface area contributed by atoms with Crippen LogP contribution in [0.1, 0.15) is 12.5 Å². The van der Waals surface area contributed by atoms with E-state index in [0.29, 0.717) is 0 Å². The van der Waals surface area contributed by atoms with Gasteiger partial charge in [-0.15, -0.1) is 0 Å². The van der Waals surface area contributed by atoms with Crippen LogP contribution in [0, 0.1) is 6.92 Å². The van der Waals surface area contributed by atoms with Crippen LogP contribution in [0.2, 0.25) is 0 Å². The first-order chi connectivity index (χ1) is 8.52. The van der Waals surface area contributed by atoms with Crippen LogP contribution >= 0.6 is 0 Å². The van der Waals surface area contributed by atoms with E-state index in [1.807, 2.05) is 31.2 Å². The lowest BCUT2D eigenvalue weighted by Crippen LogP contribution is -2.45. The Morgan fingerprint density at radius 1 is 1.39 bits per heavy atom. The van der Waals surface area contributed by atoms with E-state index in [9.17, 15) is 9.59 Å². The minimum atomic E-state index is -0.687. The van der Waals surface area contributed by atoms with E-state index in [1.165, 1.54) is 14.0 Å². The minimum Gasteiger partial charge on any atom is -0.467 e. The molecule has 1 amide bonds. The van der Waals surface area contributed by atoms with Gasteiger partial charge in [-0.05, 0) is 24.6 Å². The fourth-order valence-corrected chi connectivity index (χ4v) is 1.56. The lowest BCUT2D eigenvalue weighted by atomic mass is 10.2. The van der Waals surface area contributed by atoms with E-state index >= 15 is 0 Å². The van der Waals surface area contributed by atoms with Gasteiger partial charge < -0.3 is 15.4 Å². The maximum Gasteiger partial charge on any atom is 0.330 e. The van der Waals surface area contributed by atoms with Gasteiger partial charge in [0, 0.05) is 19.2 Å². The zero-order chi connectivity index (χ0) is 13.5. The SMILES string of the molecule is COC(=O)C(CNc1cccc(C)c1)NC(C)=O. The predicted molar refractivity (Wildman–Crippen MR) is 69.3 cm³/mol. The molecule has 0 aliphatic heterocycles. The number of methoxy groups -OCH3 is 1. The number of anilines is 1. The Morgan fingerprint density at radius 3 is 2.67 bits per heavy atom. The van der Waals surface area contributed by atoms with Crippen molar-refractivity contribution in [3.05, 3.63) is 29.8 Å². The van der Waals surface area contributed by atoms with Gasteiger partial charge in [0.15, 0.2) is 0 Å². The van der Waals surface area contributed by atoms with Crippen LogP contribution in [-0.4, -0.2) is 31.6 Å². The molecule has 5 heteroatoms. The molecule has 1 atom stereocenters. The molecule has 5 nitrogen and oxygen atoms in total. The van der Waals surface area contributed by atoms with Crippen molar-refractivity contribution in [1.29, 1.82) is 0 Å². The number of benzene rings is 1. The van der Waals surface area contributed by atoms with Crippen LogP contribution in [0.5, 0.6) is 0 Å². The third-order valence-electron chi connectivity index (χ3n) is 2.39. The third kappa shape index (κ3) is 4.45. The molecule has 1 rings (SSSR count). The molecule has 0 aromatic heterocycles. The molecule has 98 valence electrons. The normalized spacial score (nSPS) is 11.5. The Hall–Kier alpha value is -2.04. The fraction of sp³-hybridized carbons (Fsp3) is 0.385. The number of aryl methyl sites for hydroxylation is 1. The first-order valence-electron chi connectivity index (χ1n) is 5.68. The highest BCUT2D eigenvalue weighted by molar-refractivity contribution is 5.83. The molecule has 0 bridgehead atoms. The molecule has 0 spiro atoms. The molecule has 1 unspecified atom stereocenters. The Balaban J connectivity index is 2.61. The Labute approximate surface area is 107 Å². The molecule has 0 aliphatic carbocycles. The van der Waals surface area contributed by atoms with Crippen molar-refractivity contribution in [2.24, 2.45) is 0 Å². The summed E-state index contributed by atoms with van der Waals surface area (Å²) in [7, 11) is 1.30. The first-order valence-corrected chi connectivity index (χ1v) is 5.68. The number of esters is 1. The van der Waals surface area contributed by atoms with Crippen molar-refractivity contribution in [3.8, 4) is 0 Å². The van der Waals surface area contributed by atoms with Crippen LogP contribution in [0.15, 0.2) is 24.3 Å². The van der Waals surface area contributed by atoms with Crippen LogP contribution < -0.4 is 10.6 Å². The minimum absolute atomic E-state index is 0.267. The molecule has 0 fully saturated rings. The van der Waals surface area contributed by atoms with Gasteiger partial charge in [-0.25, -0.2) is 4.79 Å². The molecule has 0 heterocycles. The number of nitrogens with one attached hydrogen (secondary N) is 2. The molecule has 2 N–H and O–H groups in total. The first kappa shape index (κ1) is 14.0. The molecule has 0 saturated carbocycles. The molecular weight excluding hydrogens is 232 g/mol.